The molecule has 5 nitrogen and oxygen atoms in total. The number of carbonyl (C=O) groups is 1. The minimum atomic E-state index is -0.702. The Morgan fingerprint density at radius 1 is 1.09 bits per heavy atom. The summed E-state index contributed by atoms with van der Waals surface area (Å²) >= 11 is 0. The molecule has 0 bridgehead atoms. The molecule has 124 valence electrons. The molecule has 1 rings (SSSR count). The summed E-state index contributed by atoms with van der Waals surface area (Å²) in [6.07, 6.45) is 3.42. The summed E-state index contributed by atoms with van der Waals surface area (Å²) in [6, 6.07) is 5.87. The molecule has 0 spiro atoms. The van der Waals surface area contributed by atoms with Crippen LogP contribution in [0.4, 0.5) is 0 Å². The summed E-state index contributed by atoms with van der Waals surface area (Å²) in [6.45, 7) is 6.23. The largest absolute Gasteiger partial charge is 0.508 e. The number of unbranched alkanes of at least 4 members (excludes halogenated alkanes) is 3. The first-order chi connectivity index (χ1) is 10.5. The number of hydrogen-bond acceptors (Lipinski definition) is 5. The first-order valence-electron chi connectivity index (χ1n) is 7.80. The van der Waals surface area contributed by atoms with Gasteiger partial charge in [0.05, 0.1) is 5.56 Å². The highest BCUT2D eigenvalue weighted by Gasteiger charge is 2.15. The molecular formula is C17H26O5. The van der Waals surface area contributed by atoms with Gasteiger partial charge in [-0.15, -0.1) is 0 Å². The summed E-state index contributed by atoms with van der Waals surface area (Å²) in [4.78, 5) is 11.9. The van der Waals surface area contributed by atoms with Gasteiger partial charge >= 0.3 is 5.97 Å². The van der Waals surface area contributed by atoms with E-state index in [1.54, 1.807) is 13.8 Å². The van der Waals surface area contributed by atoms with Crippen molar-refractivity contribution in [3.05, 3.63) is 29.8 Å². The number of carbonyl (C=O) groups excluding carboxylic acids is 1. The van der Waals surface area contributed by atoms with E-state index < -0.39 is 18.5 Å². The third kappa shape index (κ3) is 7.43. The predicted octanol–water partition coefficient (Wildman–Crippen LogP) is 3.85. The Morgan fingerprint density at radius 2 is 1.77 bits per heavy atom. The Morgan fingerprint density at radius 3 is 2.41 bits per heavy atom. The van der Waals surface area contributed by atoms with Crippen LogP contribution in [-0.2, 0) is 14.2 Å². The first-order valence-corrected chi connectivity index (χ1v) is 7.80. The van der Waals surface area contributed by atoms with Crippen LogP contribution in [-0.4, -0.2) is 30.3 Å². The smallest absolute Gasteiger partial charge is 0.340 e. The van der Waals surface area contributed by atoms with Crippen molar-refractivity contribution in [2.24, 2.45) is 0 Å². The van der Waals surface area contributed by atoms with Gasteiger partial charge in [-0.1, -0.05) is 26.2 Å². The molecule has 0 saturated carbocycles. The quantitative estimate of drug-likeness (QED) is 0.404. The monoisotopic (exact) mass is 310 g/mol. The van der Waals surface area contributed by atoms with Gasteiger partial charge in [0.1, 0.15) is 5.75 Å². The maximum absolute atomic E-state index is 11.9. The molecule has 2 unspecified atom stereocenters. The fourth-order valence-corrected chi connectivity index (χ4v) is 1.93. The number of ether oxygens (including phenoxy) is 3. The Labute approximate surface area is 132 Å². The fraction of sp³-hybridized carbons (Fsp3) is 0.588. The standard InChI is InChI=1S/C17H26O5/c1-4-5-6-7-12-20-13(2)21-14(3)22-17(19)15-8-10-16(18)11-9-15/h8-11,13-14,18H,4-7,12H2,1-3H3. The van der Waals surface area contributed by atoms with Crippen LogP contribution >= 0.6 is 0 Å². The molecule has 0 aliphatic carbocycles. The van der Waals surface area contributed by atoms with E-state index in [9.17, 15) is 9.90 Å². The summed E-state index contributed by atoms with van der Waals surface area (Å²) in [5.41, 5.74) is 0.362. The van der Waals surface area contributed by atoms with Gasteiger partial charge in [-0.25, -0.2) is 4.79 Å². The van der Waals surface area contributed by atoms with E-state index in [1.807, 2.05) is 0 Å². The molecule has 2 atom stereocenters. The van der Waals surface area contributed by atoms with E-state index in [0.29, 0.717) is 12.2 Å². The van der Waals surface area contributed by atoms with Crippen molar-refractivity contribution in [3.63, 3.8) is 0 Å². The summed E-state index contributed by atoms with van der Waals surface area (Å²) in [7, 11) is 0. The molecule has 0 aliphatic rings. The normalized spacial score (nSPS) is 13.6. The highest BCUT2D eigenvalue weighted by atomic mass is 16.8. The number of benzene rings is 1. The Hall–Kier alpha value is -1.59. The van der Waals surface area contributed by atoms with Crippen LogP contribution in [0, 0.1) is 0 Å². The first kappa shape index (κ1) is 18.5. The van der Waals surface area contributed by atoms with Crippen LogP contribution in [0.1, 0.15) is 56.8 Å². The molecule has 1 N–H and O–H groups in total. The maximum atomic E-state index is 11.9. The predicted molar refractivity (Wildman–Crippen MR) is 83.6 cm³/mol. The molecule has 1 aromatic carbocycles. The Balaban J connectivity index is 2.25. The highest BCUT2D eigenvalue weighted by Crippen LogP contribution is 2.12. The lowest BCUT2D eigenvalue weighted by atomic mass is 10.2. The molecular weight excluding hydrogens is 284 g/mol. The van der Waals surface area contributed by atoms with Crippen molar-refractivity contribution < 1.29 is 24.1 Å². The second-order valence-corrected chi connectivity index (χ2v) is 5.15. The maximum Gasteiger partial charge on any atom is 0.340 e. The van der Waals surface area contributed by atoms with E-state index in [4.69, 9.17) is 14.2 Å². The van der Waals surface area contributed by atoms with Crippen molar-refractivity contribution in [2.45, 2.75) is 59.0 Å². The number of rotatable bonds is 10. The molecule has 0 radical (unpaired) electrons. The van der Waals surface area contributed by atoms with Crippen molar-refractivity contribution in [2.75, 3.05) is 6.61 Å². The van der Waals surface area contributed by atoms with E-state index in [-0.39, 0.29) is 5.75 Å². The molecule has 0 fully saturated rings. The molecule has 0 aromatic heterocycles. The van der Waals surface area contributed by atoms with Crippen molar-refractivity contribution in [1.29, 1.82) is 0 Å². The van der Waals surface area contributed by atoms with Gasteiger partial charge in [0, 0.05) is 6.61 Å². The van der Waals surface area contributed by atoms with Gasteiger partial charge in [0.2, 0.25) is 6.29 Å². The Bertz CT molecular complexity index is 429. The van der Waals surface area contributed by atoms with E-state index in [0.717, 1.165) is 12.8 Å². The summed E-state index contributed by atoms with van der Waals surface area (Å²) in [5.74, 6) is -0.395. The van der Waals surface area contributed by atoms with E-state index in [1.165, 1.54) is 37.1 Å². The SMILES string of the molecule is CCCCCCOC(C)OC(C)OC(=O)c1ccc(O)cc1. The number of hydrogen-bond donors (Lipinski definition) is 1. The average molecular weight is 310 g/mol. The molecule has 0 amide bonds. The van der Waals surface area contributed by atoms with Crippen molar-refractivity contribution in [1.82, 2.24) is 0 Å². The molecule has 0 saturated heterocycles. The fourth-order valence-electron chi connectivity index (χ4n) is 1.93. The van der Waals surface area contributed by atoms with E-state index in [2.05, 4.69) is 6.92 Å². The van der Waals surface area contributed by atoms with Crippen LogP contribution in [0.5, 0.6) is 5.75 Å². The second kappa shape index (κ2) is 10.2. The van der Waals surface area contributed by atoms with Crippen LogP contribution < -0.4 is 0 Å². The molecule has 5 heteroatoms. The average Bonchev–Trinajstić information content (AvgIpc) is 2.47. The van der Waals surface area contributed by atoms with Crippen LogP contribution in [0.15, 0.2) is 24.3 Å². The minimum Gasteiger partial charge on any atom is -0.508 e. The van der Waals surface area contributed by atoms with E-state index >= 15 is 0 Å². The van der Waals surface area contributed by atoms with Crippen LogP contribution in [0.2, 0.25) is 0 Å². The topological polar surface area (TPSA) is 65.0 Å². The molecule has 1 aromatic rings. The third-order valence-electron chi connectivity index (χ3n) is 3.11. The number of phenols is 1. The third-order valence-corrected chi connectivity index (χ3v) is 3.11. The second-order valence-electron chi connectivity index (χ2n) is 5.15. The van der Waals surface area contributed by atoms with Gasteiger partial charge in [-0.05, 0) is 44.5 Å². The zero-order chi connectivity index (χ0) is 16.4. The lowest BCUT2D eigenvalue weighted by Crippen LogP contribution is -2.25. The summed E-state index contributed by atoms with van der Waals surface area (Å²) in [5, 5.41) is 9.18. The van der Waals surface area contributed by atoms with Crippen molar-refractivity contribution >= 4 is 5.97 Å². The molecule has 0 heterocycles. The molecule has 0 aliphatic heterocycles. The Kier molecular flexibility index (Phi) is 8.55. The zero-order valence-corrected chi connectivity index (χ0v) is 13.6. The lowest BCUT2D eigenvalue weighted by Gasteiger charge is -2.19. The highest BCUT2D eigenvalue weighted by molar-refractivity contribution is 5.89. The number of aromatic hydroxyl groups is 1. The van der Waals surface area contributed by atoms with Crippen LogP contribution in [0.25, 0.3) is 0 Å². The van der Waals surface area contributed by atoms with Gasteiger partial charge < -0.3 is 19.3 Å². The van der Waals surface area contributed by atoms with Gasteiger partial charge in [-0.3, -0.25) is 0 Å². The molecule has 22 heavy (non-hydrogen) atoms. The van der Waals surface area contributed by atoms with Crippen LogP contribution in [0.3, 0.4) is 0 Å². The van der Waals surface area contributed by atoms with Gasteiger partial charge in [0.25, 0.3) is 0 Å². The van der Waals surface area contributed by atoms with Crippen molar-refractivity contribution in [3.8, 4) is 5.75 Å². The number of esters is 1. The lowest BCUT2D eigenvalue weighted by molar-refractivity contribution is -0.213. The zero-order valence-electron chi connectivity index (χ0n) is 13.6. The summed E-state index contributed by atoms with van der Waals surface area (Å²) < 4.78 is 16.1. The van der Waals surface area contributed by atoms with Gasteiger partial charge in [-0.2, -0.15) is 0 Å². The minimum absolute atomic E-state index is 0.103. The van der Waals surface area contributed by atoms with Gasteiger partial charge in [0.15, 0.2) is 6.29 Å². The number of phenolic OH excluding ortho intramolecular Hbond substituents is 1.